The molecule has 5 rings (SSSR count). The van der Waals surface area contributed by atoms with Crippen molar-refractivity contribution in [3.8, 4) is 11.5 Å². The summed E-state index contributed by atoms with van der Waals surface area (Å²) in [6, 6.07) is 16.2. The molecule has 0 bridgehead atoms. The molecule has 1 amide bonds. The molecule has 0 saturated carbocycles. The summed E-state index contributed by atoms with van der Waals surface area (Å²) in [6.45, 7) is 0.466. The third-order valence-electron chi connectivity index (χ3n) is 5.12. The van der Waals surface area contributed by atoms with Crippen molar-refractivity contribution in [2.75, 3.05) is 12.1 Å². The Hall–Kier alpha value is -3.20. The number of alkyl halides is 2. The molecule has 3 heterocycles. The Morgan fingerprint density at radius 1 is 1.10 bits per heavy atom. The number of hydrogen-bond donors (Lipinski definition) is 1. The van der Waals surface area contributed by atoms with Crippen molar-refractivity contribution < 1.29 is 27.5 Å². The Labute approximate surface area is 181 Å². The highest BCUT2D eigenvalue weighted by Gasteiger charge is 2.35. The summed E-state index contributed by atoms with van der Waals surface area (Å²) in [6.07, 6.45) is -0.585. The Balaban J connectivity index is 1.46. The smallest absolute Gasteiger partial charge is 0.284 e. The molecule has 31 heavy (non-hydrogen) atoms. The number of rotatable bonds is 6. The van der Waals surface area contributed by atoms with E-state index < -0.39 is 11.9 Å². The fourth-order valence-electron chi connectivity index (χ4n) is 3.68. The van der Waals surface area contributed by atoms with Crippen molar-refractivity contribution in [1.82, 2.24) is 4.90 Å². The molecule has 0 spiro atoms. The Morgan fingerprint density at radius 2 is 1.94 bits per heavy atom. The third-order valence-corrected chi connectivity index (χ3v) is 5.82. The molecule has 2 aliphatic rings. The first kappa shape index (κ1) is 19.7. The van der Waals surface area contributed by atoms with Gasteiger partial charge in [0.25, 0.3) is 11.7 Å². The molecular weight excluding hydrogens is 426 g/mol. The quantitative estimate of drug-likeness (QED) is 0.562. The van der Waals surface area contributed by atoms with Gasteiger partial charge in [-0.15, -0.1) is 0 Å². The number of carbonyl (C=O) groups is 1. The first-order chi connectivity index (χ1) is 15.1. The van der Waals surface area contributed by atoms with E-state index in [2.05, 4.69) is 5.32 Å². The average molecular weight is 444 g/mol. The van der Waals surface area contributed by atoms with Crippen LogP contribution in [0, 0.1) is 0 Å². The van der Waals surface area contributed by atoms with Gasteiger partial charge in [0.1, 0.15) is 11.5 Å². The van der Waals surface area contributed by atoms with E-state index in [-0.39, 0.29) is 18.5 Å². The second-order valence-electron chi connectivity index (χ2n) is 7.09. The van der Waals surface area contributed by atoms with E-state index >= 15 is 0 Å². The highest BCUT2D eigenvalue weighted by Crippen LogP contribution is 2.37. The summed E-state index contributed by atoms with van der Waals surface area (Å²) >= 11 is 0.494. The van der Waals surface area contributed by atoms with E-state index in [0.29, 0.717) is 52.6 Å². The molecule has 0 aliphatic carbocycles. The molecule has 1 unspecified atom stereocenters. The zero-order chi connectivity index (χ0) is 21.4. The number of nitrogens with one attached hydrogen (secondary N) is 1. The maximum absolute atomic E-state index is 13.3. The molecular formula is C22H18F2N2O4S. The minimum absolute atomic E-state index is 0.0527. The van der Waals surface area contributed by atoms with Crippen molar-refractivity contribution in [1.29, 1.82) is 0 Å². The fraction of sp³-hybridized carbons (Fsp3) is 0.227. The molecule has 2 aromatic carbocycles. The highest BCUT2D eigenvalue weighted by atomic mass is 32.2. The van der Waals surface area contributed by atoms with Crippen LogP contribution in [-0.2, 0) is 12.3 Å². The number of halogens is 2. The van der Waals surface area contributed by atoms with Crippen molar-refractivity contribution in [3.05, 3.63) is 77.2 Å². The highest BCUT2D eigenvalue weighted by molar-refractivity contribution is 7.98. The standard InChI is InChI=1S/C22H18F2N2O4S/c23-22(24)31-11-14-6-8-18(30-14)20-25-16-4-2-1-3-15(16)21(27)26(20)10-13-5-7-17-19(9-13)29-12-28-17/h1-9,20,22,25H,10-12H2. The van der Waals surface area contributed by atoms with Crippen LogP contribution in [0.2, 0.25) is 0 Å². The van der Waals surface area contributed by atoms with Gasteiger partial charge >= 0.3 is 0 Å². The molecule has 9 heteroatoms. The van der Waals surface area contributed by atoms with Crippen LogP contribution in [0.4, 0.5) is 14.5 Å². The molecule has 160 valence electrons. The van der Waals surface area contributed by atoms with E-state index in [4.69, 9.17) is 13.9 Å². The Morgan fingerprint density at radius 3 is 2.81 bits per heavy atom. The van der Waals surface area contributed by atoms with Gasteiger partial charge in [0.2, 0.25) is 6.79 Å². The van der Waals surface area contributed by atoms with Gasteiger partial charge in [-0.3, -0.25) is 4.79 Å². The minimum Gasteiger partial charge on any atom is -0.461 e. The zero-order valence-corrected chi connectivity index (χ0v) is 17.0. The number of anilines is 1. The summed E-state index contributed by atoms with van der Waals surface area (Å²) in [7, 11) is 0. The SMILES string of the molecule is O=C1c2ccccc2NC(c2ccc(CSC(F)F)o2)N1Cc1ccc2c(c1)OCO2. The van der Waals surface area contributed by atoms with Crippen LogP contribution in [-0.4, -0.2) is 23.4 Å². The average Bonchev–Trinajstić information content (AvgIpc) is 3.43. The number of para-hydroxylation sites is 1. The predicted octanol–water partition coefficient (Wildman–Crippen LogP) is 5.23. The summed E-state index contributed by atoms with van der Waals surface area (Å²) in [4.78, 5) is 15.0. The number of furan rings is 1. The predicted molar refractivity (Wildman–Crippen MR) is 111 cm³/mol. The normalized spacial score (nSPS) is 17.1. The summed E-state index contributed by atoms with van der Waals surface area (Å²) < 4.78 is 41.7. The van der Waals surface area contributed by atoms with Crippen LogP contribution in [0.5, 0.6) is 11.5 Å². The van der Waals surface area contributed by atoms with Gasteiger partial charge in [-0.05, 0) is 42.0 Å². The monoisotopic (exact) mass is 444 g/mol. The van der Waals surface area contributed by atoms with Crippen LogP contribution < -0.4 is 14.8 Å². The van der Waals surface area contributed by atoms with Gasteiger partial charge in [0.05, 0.1) is 11.3 Å². The number of hydrogen-bond acceptors (Lipinski definition) is 6. The molecule has 0 saturated heterocycles. The number of nitrogens with zero attached hydrogens (tertiary/aromatic N) is 1. The van der Waals surface area contributed by atoms with E-state index in [1.807, 2.05) is 36.4 Å². The third kappa shape index (κ3) is 3.93. The van der Waals surface area contributed by atoms with Crippen LogP contribution in [0.3, 0.4) is 0 Å². The van der Waals surface area contributed by atoms with E-state index in [1.54, 1.807) is 23.1 Å². The first-order valence-electron chi connectivity index (χ1n) is 9.62. The molecule has 1 N–H and O–H groups in total. The number of benzene rings is 2. The molecule has 1 atom stereocenters. The molecule has 3 aromatic rings. The van der Waals surface area contributed by atoms with Crippen molar-refractivity contribution in [2.45, 2.75) is 24.2 Å². The lowest BCUT2D eigenvalue weighted by molar-refractivity contribution is 0.0644. The van der Waals surface area contributed by atoms with Crippen LogP contribution >= 0.6 is 11.8 Å². The van der Waals surface area contributed by atoms with Crippen molar-refractivity contribution >= 4 is 23.4 Å². The van der Waals surface area contributed by atoms with Gasteiger partial charge < -0.3 is 24.1 Å². The Kier molecular flexibility index (Phi) is 5.19. The van der Waals surface area contributed by atoms with Crippen LogP contribution in [0.15, 0.2) is 59.0 Å². The summed E-state index contributed by atoms with van der Waals surface area (Å²) in [5.74, 6) is -0.367. The van der Waals surface area contributed by atoms with Crippen LogP contribution in [0.1, 0.15) is 33.6 Å². The van der Waals surface area contributed by atoms with Gasteiger partial charge in [0.15, 0.2) is 17.7 Å². The minimum atomic E-state index is -2.47. The first-order valence-corrected chi connectivity index (χ1v) is 10.7. The largest absolute Gasteiger partial charge is 0.461 e. The van der Waals surface area contributed by atoms with E-state index in [0.717, 1.165) is 5.56 Å². The summed E-state index contributed by atoms with van der Waals surface area (Å²) in [5, 5.41) is 3.34. The summed E-state index contributed by atoms with van der Waals surface area (Å²) in [5.41, 5.74) is 2.11. The van der Waals surface area contributed by atoms with Gasteiger partial charge in [0, 0.05) is 12.2 Å². The maximum atomic E-state index is 13.3. The second-order valence-corrected chi connectivity index (χ2v) is 8.07. The lowest BCUT2D eigenvalue weighted by Crippen LogP contribution is -2.42. The molecule has 0 radical (unpaired) electrons. The zero-order valence-electron chi connectivity index (χ0n) is 16.2. The lowest BCUT2D eigenvalue weighted by Gasteiger charge is -2.36. The Bertz CT molecular complexity index is 1120. The van der Waals surface area contributed by atoms with Gasteiger partial charge in [-0.1, -0.05) is 30.0 Å². The van der Waals surface area contributed by atoms with Gasteiger partial charge in [-0.25, -0.2) is 0 Å². The number of fused-ring (bicyclic) bond motifs is 2. The molecule has 2 aliphatic heterocycles. The second kappa shape index (κ2) is 8.14. The number of ether oxygens (including phenoxy) is 2. The fourth-order valence-corrected chi connectivity index (χ4v) is 4.13. The van der Waals surface area contributed by atoms with E-state index in [1.165, 1.54) is 0 Å². The van der Waals surface area contributed by atoms with Crippen LogP contribution in [0.25, 0.3) is 0 Å². The topological polar surface area (TPSA) is 63.9 Å². The maximum Gasteiger partial charge on any atom is 0.284 e. The van der Waals surface area contributed by atoms with E-state index in [9.17, 15) is 13.6 Å². The number of amides is 1. The van der Waals surface area contributed by atoms with Crippen molar-refractivity contribution in [3.63, 3.8) is 0 Å². The number of carbonyl (C=O) groups excluding carboxylic acids is 1. The number of thioether (sulfide) groups is 1. The van der Waals surface area contributed by atoms with Crippen molar-refractivity contribution in [2.24, 2.45) is 0 Å². The lowest BCUT2D eigenvalue weighted by atomic mass is 10.1. The van der Waals surface area contributed by atoms with Gasteiger partial charge in [-0.2, -0.15) is 8.78 Å². The molecule has 0 fully saturated rings. The molecule has 6 nitrogen and oxygen atoms in total. The molecule has 1 aromatic heterocycles.